The Balaban J connectivity index is 2.56. The summed E-state index contributed by atoms with van der Waals surface area (Å²) in [6.45, 7) is 13.5. The van der Waals surface area contributed by atoms with Gasteiger partial charge < -0.3 is 4.74 Å². The first kappa shape index (κ1) is 24.1. The van der Waals surface area contributed by atoms with E-state index in [0.717, 1.165) is 37.2 Å². The molecule has 0 aliphatic carbocycles. The Morgan fingerprint density at radius 2 is 1.03 bits per heavy atom. The van der Waals surface area contributed by atoms with Crippen LogP contribution in [0.1, 0.15) is 76.6 Å². The van der Waals surface area contributed by atoms with Crippen molar-refractivity contribution in [3.8, 4) is 11.5 Å². The molecular weight excluding hydrogens is 399 g/mol. The summed E-state index contributed by atoms with van der Waals surface area (Å²) in [7, 11) is 0. The maximum absolute atomic E-state index is 6.67. The van der Waals surface area contributed by atoms with Crippen LogP contribution in [0.5, 0.6) is 11.5 Å². The Hall–Kier alpha value is -1.18. The van der Waals surface area contributed by atoms with Crippen molar-refractivity contribution in [3.63, 3.8) is 0 Å². The van der Waals surface area contributed by atoms with Crippen LogP contribution in [-0.2, 0) is 23.7 Å². The van der Waals surface area contributed by atoms with Gasteiger partial charge in [0.2, 0.25) is 0 Å². The van der Waals surface area contributed by atoms with E-state index >= 15 is 0 Å². The van der Waals surface area contributed by atoms with E-state index in [1.807, 2.05) is 0 Å². The van der Waals surface area contributed by atoms with Crippen molar-refractivity contribution in [3.05, 3.63) is 58.7 Å². The van der Waals surface area contributed by atoms with Crippen molar-refractivity contribution in [2.75, 3.05) is 11.8 Å². The number of ether oxygens (including phenoxy) is 1. The monoisotopic (exact) mass is 434 g/mol. The number of hydrogen-bond acceptors (Lipinski definition) is 1. The largest absolute Gasteiger partial charge is 0.457 e. The molecule has 0 amide bonds. The van der Waals surface area contributed by atoms with Gasteiger partial charge in [-0.3, -0.25) is 0 Å². The normalized spacial score (nSPS) is 12.3. The number of rotatable bonds is 8. The molecule has 1 nitrogen and oxygen atoms in total. The fraction of sp³-hybridized carbons (Fsp3) is 0.538. The van der Waals surface area contributed by atoms with Crippen molar-refractivity contribution in [2.45, 2.75) is 78.1 Å². The maximum Gasteiger partial charge on any atom is 0.131 e. The number of halogens is 2. The Kier molecular flexibility index (Phi) is 8.49. The van der Waals surface area contributed by atoms with Crippen molar-refractivity contribution in [2.24, 2.45) is 0 Å². The molecule has 0 atom stereocenters. The molecule has 2 rings (SSSR count). The van der Waals surface area contributed by atoms with E-state index in [2.05, 4.69) is 77.9 Å². The van der Waals surface area contributed by atoms with Gasteiger partial charge in [-0.1, -0.05) is 65.8 Å². The SMILES string of the molecule is CC(C)(C)c1c(CCCCl)cccc1Oc1cccc(CCCCl)c1C(C)(C)C. The molecule has 0 heterocycles. The van der Waals surface area contributed by atoms with Crippen LogP contribution in [0.3, 0.4) is 0 Å². The van der Waals surface area contributed by atoms with Crippen LogP contribution in [0.25, 0.3) is 0 Å². The molecule has 3 heteroatoms. The molecule has 0 unspecified atom stereocenters. The summed E-state index contributed by atoms with van der Waals surface area (Å²) in [4.78, 5) is 0. The lowest BCUT2D eigenvalue weighted by Crippen LogP contribution is -2.18. The fourth-order valence-electron chi connectivity index (χ4n) is 4.08. The molecule has 2 aromatic carbocycles. The van der Waals surface area contributed by atoms with Crippen molar-refractivity contribution >= 4 is 23.2 Å². The predicted molar refractivity (Wildman–Crippen MR) is 128 cm³/mol. The van der Waals surface area contributed by atoms with E-state index in [0.29, 0.717) is 11.8 Å². The standard InChI is InChI=1S/C26H36Cl2O/c1-25(2,3)23-19(13-9-17-27)11-7-15-21(23)29-22-16-8-12-20(14-10-18-28)24(22)26(4,5)6/h7-8,11-12,15-16H,9-10,13-14,17-18H2,1-6H3. The van der Waals surface area contributed by atoms with Crippen LogP contribution < -0.4 is 4.74 Å². The van der Waals surface area contributed by atoms with E-state index in [9.17, 15) is 0 Å². The molecule has 0 fully saturated rings. The summed E-state index contributed by atoms with van der Waals surface area (Å²) in [5.74, 6) is 3.24. The second-order valence-electron chi connectivity index (χ2n) is 9.77. The minimum absolute atomic E-state index is 0.0175. The molecule has 0 aliphatic heterocycles. The van der Waals surface area contributed by atoms with Gasteiger partial charge >= 0.3 is 0 Å². The number of hydrogen-bond donors (Lipinski definition) is 0. The fourth-order valence-corrected chi connectivity index (χ4v) is 4.34. The Morgan fingerprint density at radius 1 is 0.655 bits per heavy atom. The molecule has 0 saturated carbocycles. The first-order valence-electron chi connectivity index (χ1n) is 10.6. The lowest BCUT2D eigenvalue weighted by Gasteiger charge is -2.29. The van der Waals surface area contributed by atoms with Crippen molar-refractivity contribution < 1.29 is 4.74 Å². The number of benzene rings is 2. The van der Waals surface area contributed by atoms with Crippen molar-refractivity contribution in [1.82, 2.24) is 0 Å². The van der Waals surface area contributed by atoms with Crippen molar-refractivity contribution in [1.29, 1.82) is 0 Å². The molecule has 0 radical (unpaired) electrons. The Morgan fingerprint density at radius 3 is 1.34 bits per heavy atom. The third kappa shape index (κ3) is 6.40. The minimum Gasteiger partial charge on any atom is -0.457 e. The highest BCUT2D eigenvalue weighted by Gasteiger charge is 2.26. The molecule has 0 N–H and O–H groups in total. The lowest BCUT2D eigenvalue weighted by molar-refractivity contribution is 0.432. The van der Waals surface area contributed by atoms with E-state index < -0.39 is 0 Å². The molecule has 0 aromatic heterocycles. The molecule has 160 valence electrons. The second-order valence-corrected chi connectivity index (χ2v) is 10.5. The Bertz CT molecular complexity index is 730. The summed E-state index contributed by atoms with van der Waals surface area (Å²) in [6, 6.07) is 12.8. The van der Waals surface area contributed by atoms with Gasteiger partial charge in [-0.25, -0.2) is 0 Å². The van der Waals surface area contributed by atoms with E-state index in [-0.39, 0.29) is 10.8 Å². The average molecular weight is 435 g/mol. The topological polar surface area (TPSA) is 9.23 Å². The van der Waals surface area contributed by atoms with Crippen LogP contribution in [0, 0.1) is 0 Å². The average Bonchev–Trinajstić information content (AvgIpc) is 2.62. The molecule has 29 heavy (non-hydrogen) atoms. The third-order valence-electron chi connectivity index (χ3n) is 5.10. The van der Waals surface area contributed by atoms with Crippen LogP contribution >= 0.6 is 23.2 Å². The van der Waals surface area contributed by atoms with Crippen LogP contribution in [0.4, 0.5) is 0 Å². The summed E-state index contributed by atoms with van der Waals surface area (Å²) in [5.41, 5.74) is 5.16. The van der Waals surface area contributed by atoms with Crippen LogP contribution in [-0.4, -0.2) is 11.8 Å². The molecule has 0 spiro atoms. The first-order chi connectivity index (χ1) is 13.6. The predicted octanol–water partition coefficient (Wildman–Crippen LogP) is 8.42. The minimum atomic E-state index is -0.0175. The van der Waals surface area contributed by atoms with Crippen LogP contribution in [0.2, 0.25) is 0 Å². The second kappa shape index (κ2) is 10.2. The zero-order valence-corrected chi connectivity index (χ0v) is 20.4. The third-order valence-corrected chi connectivity index (χ3v) is 5.64. The van der Waals surface area contributed by atoms with Crippen LogP contribution in [0.15, 0.2) is 36.4 Å². The molecule has 0 saturated heterocycles. The Labute approximate surface area is 187 Å². The highest BCUT2D eigenvalue weighted by Crippen LogP contribution is 2.41. The quantitative estimate of drug-likeness (QED) is 0.378. The number of aryl methyl sites for hydroxylation is 2. The van der Waals surface area contributed by atoms with Gasteiger partial charge in [-0.15, -0.1) is 23.2 Å². The molecule has 0 bridgehead atoms. The van der Waals surface area contributed by atoms with Gasteiger partial charge in [0.25, 0.3) is 0 Å². The zero-order valence-electron chi connectivity index (χ0n) is 18.9. The smallest absolute Gasteiger partial charge is 0.131 e. The first-order valence-corrected chi connectivity index (χ1v) is 11.7. The number of alkyl halides is 2. The highest BCUT2D eigenvalue weighted by molar-refractivity contribution is 6.18. The van der Waals surface area contributed by atoms with Gasteiger partial charge in [0.1, 0.15) is 11.5 Å². The van der Waals surface area contributed by atoms with Gasteiger partial charge in [-0.05, 0) is 59.8 Å². The zero-order chi connectivity index (χ0) is 21.7. The molecular formula is C26H36Cl2O. The van der Waals surface area contributed by atoms with Gasteiger partial charge in [0, 0.05) is 22.9 Å². The highest BCUT2D eigenvalue weighted by atomic mass is 35.5. The van der Waals surface area contributed by atoms with E-state index in [1.54, 1.807) is 0 Å². The maximum atomic E-state index is 6.67. The molecule has 2 aromatic rings. The summed E-state index contributed by atoms with van der Waals surface area (Å²) < 4.78 is 6.67. The summed E-state index contributed by atoms with van der Waals surface area (Å²) in [6.07, 6.45) is 3.87. The molecule has 0 aliphatic rings. The van der Waals surface area contributed by atoms with E-state index in [1.165, 1.54) is 22.3 Å². The lowest BCUT2D eigenvalue weighted by atomic mass is 9.81. The van der Waals surface area contributed by atoms with E-state index in [4.69, 9.17) is 27.9 Å². The van der Waals surface area contributed by atoms with Gasteiger partial charge in [-0.2, -0.15) is 0 Å². The van der Waals surface area contributed by atoms with Gasteiger partial charge in [0.15, 0.2) is 0 Å². The van der Waals surface area contributed by atoms with Gasteiger partial charge in [0.05, 0.1) is 0 Å². The summed E-state index contributed by atoms with van der Waals surface area (Å²) in [5, 5.41) is 0. The summed E-state index contributed by atoms with van der Waals surface area (Å²) >= 11 is 12.0.